The summed E-state index contributed by atoms with van der Waals surface area (Å²) in [6.07, 6.45) is 3.33. The van der Waals surface area contributed by atoms with Crippen molar-refractivity contribution in [1.29, 1.82) is 0 Å². The van der Waals surface area contributed by atoms with Gasteiger partial charge in [-0.25, -0.2) is 4.79 Å². The Morgan fingerprint density at radius 2 is 1.69 bits per heavy atom. The highest BCUT2D eigenvalue weighted by Crippen LogP contribution is 2.13. The summed E-state index contributed by atoms with van der Waals surface area (Å²) in [4.78, 5) is 37.1. The molecule has 2 aromatic carbocycles. The van der Waals surface area contributed by atoms with E-state index in [1.165, 1.54) is 0 Å². The van der Waals surface area contributed by atoms with Crippen LogP contribution in [0.25, 0.3) is 11.0 Å². The molecule has 0 aliphatic heterocycles. The zero-order valence-corrected chi connectivity index (χ0v) is 15.4. The number of hydrogen-bond acceptors (Lipinski definition) is 4. The van der Waals surface area contributed by atoms with Gasteiger partial charge in [0.2, 0.25) is 12.3 Å². The van der Waals surface area contributed by atoms with Crippen molar-refractivity contribution in [1.82, 2.24) is 0 Å². The topological polar surface area (TPSA) is 80.3 Å². The predicted molar refractivity (Wildman–Crippen MR) is 108 cm³/mol. The van der Waals surface area contributed by atoms with Crippen LogP contribution in [0.4, 0.5) is 5.69 Å². The summed E-state index contributed by atoms with van der Waals surface area (Å²) in [5.74, 6) is -0.620. The summed E-state index contributed by atoms with van der Waals surface area (Å²) in [6.45, 7) is -0.0574. The molecular weight excluding hydrogens is 368 g/mol. The third kappa shape index (κ3) is 4.11. The number of pyridine rings is 1. The molecule has 6 heteroatoms. The Morgan fingerprint density at radius 1 is 0.931 bits per heavy atom. The Hall–Kier alpha value is -4.06. The second-order valence-corrected chi connectivity index (χ2v) is 6.49. The minimum atomic E-state index is -0.664. The molecule has 0 saturated heterocycles. The summed E-state index contributed by atoms with van der Waals surface area (Å²) in [5, 5.41) is 3.48. The maximum Gasteiger partial charge on any atom is 0.347 e. The number of fused-ring (bicyclic) bond motifs is 1. The minimum absolute atomic E-state index is 0.00470. The maximum atomic E-state index is 12.7. The molecule has 0 bridgehead atoms. The van der Waals surface area contributed by atoms with Crippen LogP contribution >= 0.6 is 0 Å². The molecule has 2 heterocycles. The number of benzene rings is 2. The monoisotopic (exact) mass is 385 g/mol. The summed E-state index contributed by atoms with van der Waals surface area (Å²) < 4.78 is 6.84. The molecule has 4 rings (SSSR count). The van der Waals surface area contributed by atoms with Crippen LogP contribution in [0, 0.1) is 0 Å². The van der Waals surface area contributed by atoms with Crippen LogP contribution in [-0.2, 0) is 6.54 Å². The van der Waals surface area contributed by atoms with Crippen LogP contribution in [0.3, 0.4) is 0 Å². The number of ketones is 1. The summed E-state index contributed by atoms with van der Waals surface area (Å²) >= 11 is 0. The Labute approximate surface area is 166 Å². The van der Waals surface area contributed by atoms with Crippen LogP contribution in [0.15, 0.2) is 94.4 Å². The van der Waals surface area contributed by atoms with Crippen molar-refractivity contribution in [2.75, 3.05) is 5.32 Å². The average Bonchev–Trinajstić information content (AvgIpc) is 2.74. The van der Waals surface area contributed by atoms with Gasteiger partial charge in [-0.2, -0.15) is 4.57 Å². The molecule has 6 nitrogen and oxygen atoms in total. The van der Waals surface area contributed by atoms with E-state index in [2.05, 4.69) is 5.32 Å². The maximum absolute atomic E-state index is 12.7. The highest BCUT2D eigenvalue weighted by Gasteiger charge is 2.18. The molecule has 1 N–H and O–H groups in total. The fourth-order valence-corrected chi connectivity index (χ4v) is 2.99. The first-order valence-electron chi connectivity index (χ1n) is 9.02. The highest BCUT2D eigenvalue weighted by atomic mass is 16.4. The van der Waals surface area contributed by atoms with Crippen molar-refractivity contribution in [3.8, 4) is 0 Å². The number of para-hydroxylation sites is 1. The molecule has 0 saturated carbocycles. The lowest BCUT2D eigenvalue weighted by Crippen LogP contribution is -2.38. The van der Waals surface area contributed by atoms with Gasteiger partial charge in [-0.3, -0.25) is 9.59 Å². The Bertz CT molecular complexity index is 1260. The van der Waals surface area contributed by atoms with Crippen LogP contribution < -0.4 is 15.5 Å². The van der Waals surface area contributed by atoms with Gasteiger partial charge in [0.05, 0.1) is 0 Å². The summed E-state index contributed by atoms with van der Waals surface area (Å²) in [5.41, 5.74) is 0.845. The quantitative estimate of drug-likeness (QED) is 0.325. The summed E-state index contributed by atoms with van der Waals surface area (Å²) in [7, 11) is 0. The number of carbonyl (C=O) groups is 2. The van der Waals surface area contributed by atoms with Gasteiger partial charge in [0.15, 0.2) is 12.4 Å². The fourth-order valence-electron chi connectivity index (χ4n) is 2.99. The third-order valence-electron chi connectivity index (χ3n) is 4.42. The number of amides is 1. The zero-order chi connectivity index (χ0) is 20.2. The molecule has 0 fully saturated rings. The van der Waals surface area contributed by atoms with Gasteiger partial charge >= 0.3 is 5.63 Å². The van der Waals surface area contributed by atoms with E-state index in [1.807, 2.05) is 12.1 Å². The SMILES string of the molecule is O=C(Nc1ccc[n+](CC(=O)c2cc3ccccc3oc2=O)c1)c1ccccc1. The van der Waals surface area contributed by atoms with Gasteiger partial charge in [-0.05, 0) is 30.3 Å². The van der Waals surface area contributed by atoms with E-state index in [4.69, 9.17) is 4.42 Å². The van der Waals surface area contributed by atoms with Gasteiger partial charge in [0.1, 0.15) is 16.8 Å². The van der Waals surface area contributed by atoms with E-state index >= 15 is 0 Å². The molecule has 0 aliphatic rings. The van der Waals surface area contributed by atoms with Gasteiger partial charge in [-0.15, -0.1) is 0 Å². The Kier molecular flexibility index (Phi) is 4.99. The third-order valence-corrected chi connectivity index (χ3v) is 4.42. The molecule has 0 atom stereocenters. The number of Topliss-reactive ketones (excluding diaryl/α,β-unsaturated/α-hetero) is 1. The van der Waals surface area contributed by atoms with Crippen molar-refractivity contribution in [3.05, 3.63) is 107 Å². The molecule has 0 radical (unpaired) electrons. The number of aromatic nitrogens is 1. The molecule has 29 heavy (non-hydrogen) atoms. The fraction of sp³-hybridized carbons (Fsp3) is 0.0435. The van der Waals surface area contributed by atoms with E-state index in [9.17, 15) is 14.4 Å². The smallest absolute Gasteiger partial charge is 0.347 e. The lowest BCUT2D eigenvalue weighted by molar-refractivity contribution is -0.682. The Balaban J connectivity index is 1.53. The molecule has 0 spiro atoms. The number of rotatable bonds is 5. The molecule has 142 valence electrons. The lowest BCUT2D eigenvalue weighted by atomic mass is 10.1. The van der Waals surface area contributed by atoms with Gasteiger partial charge in [0.25, 0.3) is 5.91 Å². The summed E-state index contributed by atoms with van der Waals surface area (Å²) in [6, 6.07) is 20.9. The number of anilines is 1. The van der Waals surface area contributed by atoms with Crippen molar-refractivity contribution in [3.63, 3.8) is 0 Å². The second kappa shape index (κ2) is 7.90. The predicted octanol–water partition coefficient (Wildman–Crippen LogP) is 3.22. The van der Waals surface area contributed by atoms with Crippen LogP contribution in [-0.4, -0.2) is 11.7 Å². The van der Waals surface area contributed by atoms with E-state index in [-0.39, 0.29) is 23.8 Å². The normalized spacial score (nSPS) is 10.6. The molecule has 2 aromatic heterocycles. The number of carbonyl (C=O) groups excluding carboxylic acids is 2. The van der Waals surface area contributed by atoms with Crippen molar-refractivity contribution in [2.45, 2.75) is 6.54 Å². The second-order valence-electron chi connectivity index (χ2n) is 6.49. The van der Waals surface area contributed by atoms with Gasteiger partial charge in [0, 0.05) is 17.0 Å². The minimum Gasteiger partial charge on any atom is -0.422 e. The van der Waals surface area contributed by atoms with Crippen LogP contribution in [0.1, 0.15) is 20.7 Å². The average molecular weight is 385 g/mol. The van der Waals surface area contributed by atoms with Gasteiger partial charge < -0.3 is 9.73 Å². The first-order valence-corrected chi connectivity index (χ1v) is 9.02. The number of nitrogens with zero attached hydrogens (tertiary/aromatic N) is 1. The van der Waals surface area contributed by atoms with E-state index < -0.39 is 5.63 Å². The number of hydrogen-bond donors (Lipinski definition) is 1. The lowest BCUT2D eigenvalue weighted by Gasteiger charge is -2.04. The number of nitrogens with one attached hydrogen (secondary N) is 1. The van der Waals surface area contributed by atoms with Crippen LogP contribution in [0.2, 0.25) is 0 Å². The van der Waals surface area contributed by atoms with Crippen molar-refractivity contribution < 1.29 is 18.6 Å². The highest BCUT2D eigenvalue weighted by molar-refractivity contribution is 6.04. The van der Waals surface area contributed by atoms with E-state index in [0.29, 0.717) is 22.2 Å². The van der Waals surface area contributed by atoms with Crippen LogP contribution in [0.5, 0.6) is 0 Å². The standard InChI is InChI=1S/C23H16N2O4/c26-20(19-13-17-9-4-5-11-21(17)29-23(19)28)15-25-12-6-10-18(14-25)24-22(27)16-7-2-1-3-8-16/h1-14H,15H2/p+1. The van der Waals surface area contributed by atoms with E-state index in [1.54, 1.807) is 77.6 Å². The molecule has 1 amide bonds. The van der Waals surface area contributed by atoms with Gasteiger partial charge in [-0.1, -0.05) is 36.4 Å². The van der Waals surface area contributed by atoms with Crippen molar-refractivity contribution in [2.24, 2.45) is 0 Å². The molecule has 4 aromatic rings. The molecule has 0 aliphatic carbocycles. The molecule has 0 unspecified atom stereocenters. The van der Waals surface area contributed by atoms with E-state index in [0.717, 1.165) is 0 Å². The largest absolute Gasteiger partial charge is 0.422 e. The first kappa shape index (κ1) is 18.3. The van der Waals surface area contributed by atoms with Crippen molar-refractivity contribution >= 4 is 28.3 Å². The zero-order valence-electron chi connectivity index (χ0n) is 15.4. The Morgan fingerprint density at radius 3 is 2.52 bits per heavy atom. The first-order chi connectivity index (χ1) is 14.1. The molecular formula is C23H17N2O4+.